The molecular formula is C16H15ClN2O2S. The molecule has 2 N–H and O–H groups in total. The van der Waals surface area contributed by atoms with Crippen LogP contribution in [-0.4, -0.2) is 17.6 Å². The van der Waals surface area contributed by atoms with Gasteiger partial charge in [0, 0.05) is 0 Å². The molecule has 0 saturated carbocycles. The highest BCUT2D eigenvalue weighted by Crippen LogP contribution is 2.20. The fourth-order valence-corrected chi connectivity index (χ4v) is 2.14. The minimum atomic E-state index is -0.342. The van der Waals surface area contributed by atoms with E-state index in [-0.39, 0.29) is 17.6 Å². The van der Waals surface area contributed by atoms with E-state index in [1.165, 1.54) is 0 Å². The summed E-state index contributed by atoms with van der Waals surface area (Å²) in [4.78, 5) is 11.8. The molecule has 0 fully saturated rings. The molecule has 2 aromatic carbocycles. The lowest BCUT2D eigenvalue weighted by Gasteiger charge is -2.11. The van der Waals surface area contributed by atoms with Crippen LogP contribution in [0.4, 0.5) is 5.69 Å². The van der Waals surface area contributed by atoms with E-state index in [0.29, 0.717) is 16.5 Å². The zero-order valence-corrected chi connectivity index (χ0v) is 13.5. The Bertz CT molecular complexity index is 691. The van der Waals surface area contributed by atoms with E-state index in [4.69, 9.17) is 28.6 Å². The number of thiocarbonyl (C=S) groups is 1. The van der Waals surface area contributed by atoms with Crippen molar-refractivity contribution >= 4 is 40.5 Å². The lowest BCUT2D eigenvalue weighted by molar-refractivity contribution is -0.121. The molecule has 0 heterocycles. The lowest BCUT2D eigenvalue weighted by Crippen LogP contribution is -2.37. The number of carbonyl (C=O) groups excluding carboxylic acids is 1. The Morgan fingerprint density at radius 3 is 2.73 bits per heavy atom. The SMILES string of the molecule is Cc1cccc(OCC(=O)NC(=S)Nc2ccccc2Cl)c1. The molecular weight excluding hydrogens is 320 g/mol. The van der Waals surface area contributed by atoms with Gasteiger partial charge in [-0.1, -0.05) is 35.9 Å². The summed E-state index contributed by atoms with van der Waals surface area (Å²) in [7, 11) is 0. The van der Waals surface area contributed by atoms with Crippen molar-refractivity contribution in [3.8, 4) is 5.75 Å². The molecule has 114 valence electrons. The largest absolute Gasteiger partial charge is 0.484 e. The van der Waals surface area contributed by atoms with Gasteiger partial charge in [0.1, 0.15) is 5.75 Å². The zero-order valence-electron chi connectivity index (χ0n) is 11.9. The second kappa shape index (κ2) is 7.77. The number of hydrogen-bond acceptors (Lipinski definition) is 3. The van der Waals surface area contributed by atoms with Crippen molar-refractivity contribution in [2.75, 3.05) is 11.9 Å². The summed E-state index contributed by atoms with van der Waals surface area (Å²) in [6.07, 6.45) is 0. The summed E-state index contributed by atoms with van der Waals surface area (Å²) < 4.78 is 5.40. The van der Waals surface area contributed by atoms with Crippen molar-refractivity contribution in [2.24, 2.45) is 0 Å². The van der Waals surface area contributed by atoms with Crippen LogP contribution in [-0.2, 0) is 4.79 Å². The topological polar surface area (TPSA) is 50.4 Å². The van der Waals surface area contributed by atoms with Gasteiger partial charge in [0.25, 0.3) is 5.91 Å². The summed E-state index contributed by atoms with van der Waals surface area (Å²) in [6, 6.07) is 14.6. The van der Waals surface area contributed by atoms with Crippen LogP contribution in [0.15, 0.2) is 48.5 Å². The van der Waals surface area contributed by atoms with Crippen LogP contribution in [0.25, 0.3) is 0 Å². The van der Waals surface area contributed by atoms with Gasteiger partial charge in [-0.15, -0.1) is 0 Å². The molecule has 1 amide bonds. The molecule has 0 atom stereocenters. The minimum Gasteiger partial charge on any atom is -0.484 e. The molecule has 0 saturated heterocycles. The van der Waals surface area contributed by atoms with Gasteiger partial charge in [-0.25, -0.2) is 0 Å². The van der Waals surface area contributed by atoms with E-state index in [2.05, 4.69) is 10.6 Å². The number of ether oxygens (including phenoxy) is 1. The second-order valence-corrected chi connectivity index (χ2v) is 5.40. The first-order valence-corrected chi connectivity index (χ1v) is 7.38. The third-order valence-corrected chi connectivity index (χ3v) is 3.27. The standard InChI is InChI=1S/C16H15ClN2O2S/c1-11-5-4-6-12(9-11)21-10-15(20)19-16(22)18-14-8-3-2-7-13(14)17/h2-9H,10H2,1H3,(H2,18,19,20,22). The third kappa shape index (κ3) is 5.02. The van der Waals surface area contributed by atoms with Crippen LogP contribution in [0.2, 0.25) is 5.02 Å². The van der Waals surface area contributed by atoms with E-state index in [1.54, 1.807) is 18.2 Å². The van der Waals surface area contributed by atoms with Gasteiger partial charge in [-0.2, -0.15) is 0 Å². The summed E-state index contributed by atoms with van der Waals surface area (Å²) >= 11 is 11.1. The Balaban J connectivity index is 1.82. The summed E-state index contributed by atoms with van der Waals surface area (Å²) in [5.74, 6) is 0.297. The van der Waals surface area contributed by atoms with Gasteiger partial charge in [-0.3, -0.25) is 10.1 Å². The third-order valence-electron chi connectivity index (χ3n) is 2.73. The maximum atomic E-state index is 11.8. The fraction of sp³-hybridized carbons (Fsp3) is 0.125. The number of anilines is 1. The van der Waals surface area contributed by atoms with Crippen molar-refractivity contribution in [3.63, 3.8) is 0 Å². The number of amides is 1. The molecule has 0 spiro atoms. The Labute approximate surface area is 139 Å². The number of rotatable bonds is 4. The van der Waals surface area contributed by atoms with Crippen molar-refractivity contribution in [2.45, 2.75) is 6.92 Å². The van der Waals surface area contributed by atoms with Crippen molar-refractivity contribution < 1.29 is 9.53 Å². The van der Waals surface area contributed by atoms with Gasteiger partial charge in [0.2, 0.25) is 0 Å². The Kier molecular flexibility index (Phi) is 5.75. The Morgan fingerprint density at radius 1 is 1.23 bits per heavy atom. The maximum absolute atomic E-state index is 11.8. The van der Waals surface area contributed by atoms with Crippen LogP contribution in [0.1, 0.15) is 5.56 Å². The predicted molar refractivity (Wildman–Crippen MR) is 92.5 cm³/mol. The van der Waals surface area contributed by atoms with E-state index < -0.39 is 0 Å². The number of nitrogens with one attached hydrogen (secondary N) is 2. The number of carbonyl (C=O) groups is 1. The van der Waals surface area contributed by atoms with E-state index in [9.17, 15) is 4.79 Å². The molecule has 6 heteroatoms. The van der Waals surface area contributed by atoms with Gasteiger partial charge >= 0.3 is 0 Å². The quantitative estimate of drug-likeness (QED) is 0.840. The highest BCUT2D eigenvalue weighted by Gasteiger charge is 2.07. The number of halogens is 1. The van der Waals surface area contributed by atoms with Crippen LogP contribution in [0.3, 0.4) is 0 Å². The molecule has 0 aliphatic carbocycles. The molecule has 0 aliphatic heterocycles. The van der Waals surface area contributed by atoms with Crippen LogP contribution < -0.4 is 15.4 Å². The predicted octanol–water partition coefficient (Wildman–Crippen LogP) is 3.54. The average molecular weight is 335 g/mol. The first-order chi connectivity index (χ1) is 10.5. The number of benzene rings is 2. The normalized spacial score (nSPS) is 9.91. The molecule has 2 rings (SSSR count). The first-order valence-electron chi connectivity index (χ1n) is 6.59. The highest BCUT2D eigenvalue weighted by molar-refractivity contribution is 7.80. The average Bonchev–Trinajstić information content (AvgIpc) is 2.47. The van der Waals surface area contributed by atoms with E-state index in [1.807, 2.05) is 37.3 Å². The van der Waals surface area contributed by atoms with Crippen LogP contribution in [0.5, 0.6) is 5.75 Å². The first kappa shape index (κ1) is 16.3. The molecule has 0 unspecified atom stereocenters. The van der Waals surface area contributed by atoms with Gasteiger partial charge in [-0.05, 0) is 49.0 Å². The molecule has 22 heavy (non-hydrogen) atoms. The number of para-hydroxylation sites is 1. The zero-order chi connectivity index (χ0) is 15.9. The summed E-state index contributed by atoms with van der Waals surface area (Å²) in [5, 5.41) is 6.09. The molecule has 2 aromatic rings. The van der Waals surface area contributed by atoms with Gasteiger partial charge in [0.15, 0.2) is 11.7 Å². The number of hydrogen-bond donors (Lipinski definition) is 2. The lowest BCUT2D eigenvalue weighted by atomic mass is 10.2. The summed E-state index contributed by atoms with van der Waals surface area (Å²) in [6.45, 7) is 1.84. The van der Waals surface area contributed by atoms with Crippen LogP contribution >= 0.6 is 23.8 Å². The molecule has 4 nitrogen and oxygen atoms in total. The monoisotopic (exact) mass is 334 g/mol. The molecule has 0 bridgehead atoms. The molecule has 0 radical (unpaired) electrons. The Hall–Kier alpha value is -2.11. The van der Waals surface area contributed by atoms with Crippen molar-refractivity contribution in [1.82, 2.24) is 5.32 Å². The Morgan fingerprint density at radius 2 is 2.00 bits per heavy atom. The molecule has 0 aromatic heterocycles. The second-order valence-electron chi connectivity index (χ2n) is 4.59. The smallest absolute Gasteiger partial charge is 0.264 e. The summed E-state index contributed by atoms with van der Waals surface area (Å²) in [5.41, 5.74) is 1.70. The van der Waals surface area contributed by atoms with E-state index in [0.717, 1.165) is 5.56 Å². The maximum Gasteiger partial charge on any atom is 0.264 e. The van der Waals surface area contributed by atoms with Gasteiger partial charge in [0.05, 0.1) is 10.7 Å². The van der Waals surface area contributed by atoms with E-state index >= 15 is 0 Å². The van der Waals surface area contributed by atoms with Gasteiger partial charge < -0.3 is 10.1 Å². The van der Waals surface area contributed by atoms with Crippen LogP contribution in [0, 0.1) is 6.92 Å². The number of aryl methyl sites for hydroxylation is 1. The molecule has 0 aliphatic rings. The highest BCUT2D eigenvalue weighted by atomic mass is 35.5. The van der Waals surface area contributed by atoms with Crippen molar-refractivity contribution in [1.29, 1.82) is 0 Å². The minimum absolute atomic E-state index is 0.117. The fourth-order valence-electron chi connectivity index (χ4n) is 1.73. The van der Waals surface area contributed by atoms with Crippen molar-refractivity contribution in [3.05, 3.63) is 59.1 Å².